The van der Waals surface area contributed by atoms with Crippen molar-refractivity contribution >= 4 is 0 Å². The van der Waals surface area contributed by atoms with Crippen molar-refractivity contribution in [3.8, 4) is 5.75 Å². The van der Waals surface area contributed by atoms with Gasteiger partial charge in [0.25, 0.3) is 0 Å². The van der Waals surface area contributed by atoms with Gasteiger partial charge >= 0.3 is 0 Å². The molecule has 1 fully saturated rings. The molecule has 0 radical (unpaired) electrons. The number of aryl methyl sites for hydroxylation is 1. The Bertz CT molecular complexity index is 385. The number of nitrogens with two attached hydrogens (primary N) is 1. The summed E-state index contributed by atoms with van der Waals surface area (Å²) in [4.78, 5) is 4.54. The maximum atomic E-state index is 5.92. The molecule has 0 amide bonds. The highest BCUT2D eigenvalue weighted by molar-refractivity contribution is 5.42. The molecule has 1 atom stereocenters. The molecule has 14 heavy (non-hydrogen) atoms. The minimum atomic E-state index is 0.0257. The molecule has 2 N–H and O–H groups in total. The Kier molecular flexibility index (Phi) is 1.46. The molecule has 1 spiro atoms. The highest BCUT2D eigenvalue weighted by Crippen LogP contribution is 2.56. The van der Waals surface area contributed by atoms with Gasteiger partial charge in [0.1, 0.15) is 11.4 Å². The Balaban J connectivity index is 2.09. The molecule has 0 aromatic carbocycles. The monoisotopic (exact) mass is 190 g/mol. The quantitative estimate of drug-likeness (QED) is 0.727. The highest BCUT2D eigenvalue weighted by Gasteiger charge is 2.57. The minimum absolute atomic E-state index is 0.0257. The van der Waals surface area contributed by atoms with E-state index in [0.29, 0.717) is 12.5 Å². The van der Waals surface area contributed by atoms with Crippen molar-refractivity contribution < 1.29 is 4.74 Å². The third-order valence-corrected chi connectivity index (χ3v) is 3.28. The Morgan fingerprint density at radius 1 is 1.57 bits per heavy atom. The fourth-order valence-corrected chi connectivity index (χ4v) is 2.34. The Morgan fingerprint density at radius 2 is 2.36 bits per heavy atom. The largest absolute Gasteiger partial charge is 0.485 e. The molecular formula is C11H14N2O. The van der Waals surface area contributed by atoms with Crippen LogP contribution in [-0.2, 0) is 0 Å². The van der Waals surface area contributed by atoms with Gasteiger partial charge in [0.05, 0.1) is 11.6 Å². The van der Waals surface area contributed by atoms with E-state index in [4.69, 9.17) is 10.5 Å². The van der Waals surface area contributed by atoms with E-state index in [9.17, 15) is 0 Å². The van der Waals surface area contributed by atoms with E-state index in [0.717, 1.165) is 30.0 Å². The van der Waals surface area contributed by atoms with Crippen molar-refractivity contribution in [1.29, 1.82) is 0 Å². The molecule has 0 bridgehead atoms. The molecule has 1 aliphatic heterocycles. The Morgan fingerprint density at radius 3 is 3.00 bits per heavy atom. The van der Waals surface area contributed by atoms with Crippen molar-refractivity contribution in [2.75, 3.05) is 6.54 Å². The van der Waals surface area contributed by atoms with Crippen LogP contribution in [0.15, 0.2) is 12.1 Å². The van der Waals surface area contributed by atoms with Crippen LogP contribution in [0.2, 0.25) is 0 Å². The van der Waals surface area contributed by atoms with E-state index in [2.05, 4.69) is 4.98 Å². The summed E-state index contributed by atoms with van der Waals surface area (Å²) in [5.74, 6) is 1.26. The van der Waals surface area contributed by atoms with Crippen LogP contribution in [0.3, 0.4) is 0 Å². The van der Waals surface area contributed by atoms with Crippen molar-refractivity contribution in [3.05, 3.63) is 23.5 Å². The molecule has 2 heterocycles. The number of pyridine rings is 1. The molecular weight excluding hydrogens is 176 g/mol. The summed E-state index contributed by atoms with van der Waals surface area (Å²) in [5, 5.41) is 0. The lowest BCUT2D eigenvalue weighted by molar-refractivity contribution is 0.184. The third-order valence-electron chi connectivity index (χ3n) is 3.28. The number of fused-ring (bicyclic) bond motifs is 1. The number of hydrogen-bond donors (Lipinski definition) is 1. The average molecular weight is 190 g/mol. The molecule has 3 heteroatoms. The van der Waals surface area contributed by atoms with Gasteiger partial charge in [0.2, 0.25) is 0 Å². The first kappa shape index (κ1) is 8.24. The zero-order chi connectivity index (χ0) is 9.76. The van der Waals surface area contributed by atoms with Crippen LogP contribution >= 0.6 is 0 Å². The number of aromatic nitrogens is 1. The molecule has 74 valence electrons. The van der Waals surface area contributed by atoms with E-state index in [1.165, 1.54) is 0 Å². The normalized spacial score (nSPS) is 26.0. The van der Waals surface area contributed by atoms with E-state index < -0.39 is 0 Å². The number of rotatable bonds is 1. The fourth-order valence-electron chi connectivity index (χ4n) is 2.34. The van der Waals surface area contributed by atoms with Gasteiger partial charge in [0.15, 0.2) is 0 Å². The van der Waals surface area contributed by atoms with Gasteiger partial charge in [-0.25, -0.2) is 0 Å². The molecule has 3 rings (SSSR count). The SMILES string of the molecule is Cc1ccc2c(n1)[C@@H](CN)C1(CC1)O2. The second-order valence-corrected chi connectivity index (χ2v) is 4.29. The Labute approximate surface area is 83.3 Å². The summed E-state index contributed by atoms with van der Waals surface area (Å²) in [6, 6.07) is 4.02. The summed E-state index contributed by atoms with van der Waals surface area (Å²) in [6.45, 7) is 2.65. The lowest BCUT2D eigenvalue weighted by atomic mass is 9.98. The molecule has 1 aromatic heterocycles. The second-order valence-electron chi connectivity index (χ2n) is 4.29. The van der Waals surface area contributed by atoms with E-state index in [-0.39, 0.29) is 5.60 Å². The van der Waals surface area contributed by atoms with Crippen molar-refractivity contribution in [1.82, 2.24) is 4.98 Å². The summed E-state index contributed by atoms with van der Waals surface area (Å²) < 4.78 is 5.92. The Hall–Kier alpha value is -1.09. The summed E-state index contributed by atoms with van der Waals surface area (Å²) in [7, 11) is 0. The molecule has 1 aromatic rings. The van der Waals surface area contributed by atoms with Gasteiger partial charge in [-0.15, -0.1) is 0 Å². The lowest BCUT2D eigenvalue weighted by Gasteiger charge is -2.14. The van der Waals surface area contributed by atoms with E-state index in [1.54, 1.807) is 0 Å². The zero-order valence-electron chi connectivity index (χ0n) is 8.29. The minimum Gasteiger partial charge on any atom is -0.485 e. The summed E-state index contributed by atoms with van der Waals surface area (Å²) in [5.41, 5.74) is 7.94. The third kappa shape index (κ3) is 0.932. The standard InChI is InChI=1S/C11H14N2O/c1-7-2-3-9-10(13-7)8(6-12)11(14-9)4-5-11/h2-3,8H,4-6,12H2,1H3/t8-/m1/s1. The first-order chi connectivity index (χ1) is 6.75. The smallest absolute Gasteiger partial charge is 0.142 e. The fraction of sp³-hybridized carbons (Fsp3) is 0.545. The molecule has 1 saturated carbocycles. The van der Waals surface area contributed by atoms with Crippen LogP contribution in [-0.4, -0.2) is 17.1 Å². The van der Waals surface area contributed by atoms with Gasteiger partial charge in [-0.05, 0) is 31.9 Å². The average Bonchev–Trinajstić information content (AvgIpc) is 2.83. The molecule has 1 aliphatic carbocycles. The predicted molar refractivity (Wildman–Crippen MR) is 53.4 cm³/mol. The highest BCUT2D eigenvalue weighted by atomic mass is 16.5. The second kappa shape index (κ2) is 2.48. The van der Waals surface area contributed by atoms with Crippen LogP contribution in [0.5, 0.6) is 5.75 Å². The van der Waals surface area contributed by atoms with Crippen molar-refractivity contribution in [2.45, 2.75) is 31.3 Å². The van der Waals surface area contributed by atoms with Crippen molar-refractivity contribution in [3.63, 3.8) is 0 Å². The first-order valence-corrected chi connectivity index (χ1v) is 5.12. The summed E-state index contributed by atoms with van der Waals surface area (Å²) >= 11 is 0. The molecule has 0 saturated heterocycles. The first-order valence-electron chi connectivity index (χ1n) is 5.12. The predicted octanol–water partition coefficient (Wildman–Crippen LogP) is 1.36. The van der Waals surface area contributed by atoms with Crippen molar-refractivity contribution in [2.24, 2.45) is 5.73 Å². The van der Waals surface area contributed by atoms with Gasteiger partial charge in [-0.2, -0.15) is 0 Å². The number of nitrogens with zero attached hydrogens (tertiary/aromatic N) is 1. The number of ether oxygens (including phenoxy) is 1. The topological polar surface area (TPSA) is 48.1 Å². The van der Waals surface area contributed by atoms with E-state index >= 15 is 0 Å². The molecule has 2 aliphatic rings. The van der Waals surface area contributed by atoms with E-state index in [1.807, 2.05) is 19.1 Å². The zero-order valence-corrected chi connectivity index (χ0v) is 8.29. The molecule has 3 nitrogen and oxygen atoms in total. The lowest BCUT2D eigenvalue weighted by Crippen LogP contribution is -2.27. The van der Waals surface area contributed by atoms with Crippen LogP contribution in [0.1, 0.15) is 30.1 Å². The van der Waals surface area contributed by atoms with Gasteiger partial charge < -0.3 is 10.5 Å². The van der Waals surface area contributed by atoms with Crippen LogP contribution in [0.25, 0.3) is 0 Å². The van der Waals surface area contributed by atoms with Crippen LogP contribution < -0.4 is 10.5 Å². The molecule has 0 unspecified atom stereocenters. The maximum absolute atomic E-state index is 5.92. The van der Waals surface area contributed by atoms with Gasteiger partial charge in [-0.3, -0.25) is 4.98 Å². The maximum Gasteiger partial charge on any atom is 0.142 e. The van der Waals surface area contributed by atoms with Gasteiger partial charge in [0, 0.05) is 12.2 Å². The van der Waals surface area contributed by atoms with Gasteiger partial charge in [-0.1, -0.05) is 0 Å². The number of hydrogen-bond acceptors (Lipinski definition) is 3. The van der Waals surface area contributed by atoms with Crippen LogP contribution in [0, 0.1) is 6.92 Å². The summed E-state index contributed by atoms with van der Waals surface area (Å²) in [6.07, 6.45) is 2.26. The van der Waals surface area contributed by atoms with Crippen LogP contribution in [0.4, 0.5) is 0 Å².